The van der Waals surface area contributed by atoms with Crippen molar-refractivity contribution in [3.05, 3.63) is 35.6 Å². The van der Waals surface area contributed by atoms with Gasteiger partial charge >= 0.3 is 18.7 Å². The lowest BCUT2D eigenvalue weighted by atomic mass is 10.1. The van der Waals surface area contributed by atoms with E-state index < -0.39 is 18.7 Å². The summed E-state index contributed by atoms with van der Waals surface area (Å²) in [6, 6.07) is 7.06. The molecule has 1 aromatic rings. The molecule has 1 aliphatic rings. The second kappa shape index (κ2) is 6.17. The molecule has 0 radical (unpaired) electrons. The number of amides is 1. The lowest BCUT2D eigenvalue weighted by Gasteiger charge is -2.28. The van der Waals surface area contributed by atoms with Crippen LogP contribution in [0.15, 0.2) is 30.0 Å². The Bertz CT molecular complexity index is 583. The fourth-order valence-electron chi connectivity index (χ4n) is 1.90. The topological polar surface area (TPSA) is 74.3 Å². The third-order valence-corrected chi connectivity index (χ3v) is 2.79. The molecule has 1 aromatic carbocycles. The van der Waals surface area contributed by atoms with Crippen LogP contribution in [0.4, 0.5) is 15.3 Å². The van der Waals surface area contributed by atoms with Gasteiger partial charge in [0, 0.05) is 5.56 Å². The number of benzene rings is 1. The number of fused-ring (bicyclic) bond motifs is 1. The molecule has 1 unspecified atom stereocenters. The maximum Gasteiger partial charge on any atom is 0.512 e. The van der Waals surface area contributed by atoms with Gasteiger partial charge in [0.15, 0.2) is 0 Å². The van der Waals surface area contributed by atoms with Crippen LogP contribution in [0.25, 0.3) is 6.08 Å². The van der Waals surface area contributed by atoms with E-state index in [1.54, 1.807) is 31.2 Å². The number of nitrogens with zero attached hydrogens (tertiary/aromatic N) is 1. The number of anilines is 1. The van der Waals surface area contributed by atoms with Crippen molar-refractivity contribution in [3.8, 4) is 0 Å². The van der Waals surface area contributed by atoms with E-state index in [-0.39, 0.29) is 0 Å². The van der Waals surface area contributed by atoms with Gasteiger partial charge in [-0.25, -0.2) is 14.5 Å². The molecule has 0 saturated heterocycles. The zero-order valence-electron chi connectivity index (χ0n) is 11.9. The highest BCUT2D eigenvalue weighted by Crippen LogP contribution is 2.30. The van der Waals surface area contributed by atoms with Gasteiger partial charge in [-0.1, -0.05) is 18.2 Å². The molecule has 0 spiro atoms. The first-order valence-corrected chi connectivity index (χ1v) is 6.12. The molecule has 1 heterocycles. The average molecular weight is 293 g/mol. The fraction of sp³-hybridized carbons (Fsp3) is 0.286. The first kappa shape index (κ1) is 14.7. The smallest absolute Gasteiger partial charge is 0.452 e. The van der Waals surface area contributed by atoms with Gasteiger partial charge in [-0.2, -0.15) is 0 Å². The minimum absolute atomic E-state index is 0.475. The van der Waals surface area contributed by atoms with Crippen LogP contribution in [0.3, 0.4) is 0 Å². The number of carbonyl (C=O) groups excluding carboxylic acids is 2. The molecule has 0 bridgehead atoms. The molecule has 0 saturated carbocycles. The van der Waals surface area contributed by atoms with Crippen molar-refractivity contribution >= 4 is 24.0 Å². The second-order valence-corrected chi connectivity index (χ2v) is 4.15. The van der Waals surface area contributed by atoms with E-state index in [0.717, 1.165) is 17.6 Å². The lowest BCUT2D eigenvalue weighted by molar-refractivity contribution is -0.0885. The summed E-state index contributed by atoms with van der Waals surface area (Å²) in [6.45, 7) is 1.69. The van der Waals surface area contributed by atoms with E-state index in [9.17, 15) is 9.59 Å². The summed E-state index contributed by atoms with van der Waals surface area (Å²) < 4.78 is 19.6. The Morgan fingerprint density at radius 1 is 1.19 bits per heavy atom. The van der Waals surface area contributed by atoms with Crippen LogP contribution in [0.2, 0.25) is 0 Å². The van der Waals surface area contributed by atoms with Crippen LogP contribution >= 0.6 is 0 Å². The summed E-state index contributed by atoms with van der Waals surface area (Å²) in [5, 5.41) is 0. The number of allylic oxidation sites excluding steroid dienone is 1. The summed E-state index contributed by atoms with van der Waals surface area (Å²) in [6.07, 6.45) is -1.28. The zero-order chi connectivity index (χ0) is 15.4. The van der Waals surface area contributed by atoms with Crippen LogP contribution < -0.4 is 4.90 Å². The Kier molecular flexibility index (Phi) is 4.32. The van der Waals surface area contributed by atoms with Crippen LogP contribution in [0, 0.1) is 0 Å². The quantitative estimate of drug-likeness (QED) is 0.741. The average Bonchev–Trinajstić information content (AvgIpc) is 2.61. The molecule has 0 aromatic heterocycles. The van der Waals surface area contributed by atoms with Crippen LogP contribution in [-0.4, -0.2) is 32.9 Å². The largest absolute Gasteiger partial charge is 0.512 e. The number of hydrogen-bond acceptors (Lipinski definition) is 6. The molecule has 7 nitrogen and oxygen atoms in total. The molecule has 112 valence electrons. The van der Waals surface area contributed by atoms with Crippen molar-refractivity contribution in [2.45, 2.75) is 13.3 Å². The van der Waals surface area contributed by atoms with Gasteiger partial charge in [-0.3, -0.25) is 0 Å². The maximum absolute atomic E-state index is 12.0. The Hall–Kier alpha value is -2.70. The number of methoxy groups -OCH3 is 2. The number of rotatable bonds is 1. The van der Waals surface area contributed by atoms with Crippen molar-refractivity contribution in [2.24, 2.45) is 0 Å². The molecule has 1 amide bonds. The van der Waals surface area contributed by atoms with Crippen molar-refractivity contribution in [1.29, 1.82) is 0 Å². The van der Waals surface area contributed by atoms with E-state index in [1.165, 1.54) is 7.11 Å². The SMILES string of the molecule is COC(=O)OC1OC(C)=Cc2ccccc2N1C(=O)OC. The summed E-state index contributed by atoms with van der Waals surface area (Å²) in [7, 11) is 2.39. The maximum atomic E-state index is 12.0. The summed E-state index contributed by atoms with van der Waals surface area (Å²) in [5.41, 5.74) is 1.23. The van der Waals surface area contributed by atoms with Crippen LogP contribution in [0.1, 0.15) is 12.5 Å². The third kappa shape index (κ3) is 3.07. The molecule has 21 heavy (non-hydrogen) atoms. The minimum Gasteiger partial charge on any atom is -0.452 e. The molecule has 2 rings (SSSR count). The van der Waals surface area contributed by atoms with E-state index >= 15 is 0 Å². The molecule has 1 aliphatic heterocycles. The second-order valence-electron chi connectivity index (χ2n) is 4.15. The lowest BCUT2D eigenvalue weighted by Crippen LogP contribution is -2.44. The van der Waals surface area contributed by atoms with Crippen molar-refractivity contribution in [2.75, 3.05) is 19.1 Å². The van der Waals surface area contributed by atoms with Gasteiger partial charge < -0.3 is 18.9 Å². The zero-order valence-corrected chi connectivity index (χ0v) is 11.9. The van der Waals surface area contributed by atoms with Crippen LogP contribution in [-0.2, 0) is 18.9 Å². The Morgan fingerprint density at radius 2 is 1.90 bits per heavy atom. The van der Waals surface area contributed by atoms with Gasteiger partial charge in [-0.15, -0.1) is 0 Å². The number of carbonyl (C=O) groups is 2. The Morgan fingerprint density at radius 3 is 2.57 bits per heavy atom. The molecule has 1 atom stereocenters. The van der Waals surface area contributed by atoms with Crippen molar-refractivity contribution in [3.63, 3.8) is 0 Å². The molecule has 0 N–H and O–H groups in total. The monoisotopic (exact) mass is 293 g/mol. The summed E-state index contributed by atoms with van der Waals surface area (Å²) in [5.74, 6) is 0.475. The van der Waals surface area contributed by atoms with E-state index in [1.807, 2.05) is 6.07 Å². The fourth-order valence-corrected chi connectivity index (χ4v) is 1.90. The first-order chi connectivity index (χ1) is 10.1. The summed E-state index contributed by atoms with van der Waals surface area (Å²) in [4.78, 5) is 24.5. The van der Waals surface area contributed by atoms with E-state index in [4.69, 9.17) is 14.2 Å². The first-order valence-electron chi connectivity index (χ1n) is 6.12. The van der Waals surface area contributed by atoms with Crippen LogP contribution in [0.5, 0.6) is 0 Å². The highest BCUT2D eigenvalue weighted by Gasteiger charge is 2.34. The summed E-state index contributed by atoms with van der Waals surface area (Å²) >= 11 is 0. The van der Waals surface area contributed by atoms with Gasteiger partial charge in [0.05, 0.1) is 19.9 Å². The molecule has 7 heteroatoms. The van der Waals surface area contributed by atoms with Crippen molar-refractivity contribution in [1.82, 2.24) is 0 Å². The van der Waals surface area contributed by atoms with Gasteiger partial charge in [0.1, 0.15) is 5.76 Å². The van der Waals surface area contributed by atoms with Gasteiger partial charge in [0.25, 0.3) is 0 Å². The standard InChI is InChI=1S/C14H15NO6/c1-9-8-10-6-4-5-7-11(10)15(12(16)18-2)13(20-9)21-14(17)19-3/h4-8,13H,1-3H3. The highest BCUT2D eigenvalue weighted by atomic mass is 16.8. The van der Waals surface area contributed by atoms with Gasteiger partial charge in [-0.05, 0) is 19.1 Å². The predicted octanol–water partition coefficient (Wildman–Crippen LogP) is 2.72. The Balaban J connectivity index is 2.47. The molecular weight excluding hydrogens is 278 g/mol. The highest BCUT2D eigenvalue weighted by molar-refractivity contribution is 5.91. The van der Waals surface area contributed by atoms with E-state index in [2.05, 4.69) is 4.74 Å². The minimum atomic E-state index is -1.32. The number of hydrogen-bond donors (Lipinski definition) is 0. The van der Waals surface area contributed by atoms with E-state index in [0.29, 0.717) is 11.4 Å². The normalized spacial score (nSPS) is 16.8. The molecule has 0 fully saturated rings. The van der Waals surface area contributed by atoms with Gasteiger partial charge in [0.2, 0.25) is 0 Å². The number of para-hydroxylation sites is 1. The predicted molar refractivity (Wildman–Crippen MR) is 73.3 cm³/mol. The van der Waals surface area contributed by atoms with Crippen molar-refractivity contribution < 1.29 is 28.5 Å². The Labute approximate surface area is 121 Å². The molecule has 0 aliphatic carbocycles. The number of ether oxygens (including phenoxy) is 4. The third-order valence-electron chi connectivity index (χ3n) is 2.79. The molecular formula is C14H15NO6.